The van der Waals surface area contributed by atoms with E-state index in [9.17, 15) is 0 Å². The summed E-state index contributed by atoms with van der Waals surface area (Å²) in [7, 11) is 1.76. The van der Waals surface area contributed by atoms with E-state index >= 15 is 0 Å². The SMILES string of the molecule is CC/C(=C\C=NC)CC(N)c1ccccc1Cl. The molecule has 0 bridgehead atoms. The number of benzene rings is 1. The van der Waals surface area contributed by atoms with Crippen LogP contribution >= 0.6 is 11.6 Å². The zero-order valence-electron chi connectivity index (χ0n) is 10.4. The fourth-order valence-electron chi connectivity index (χ4n) is 1.68. The molecule has 0 amide bonds. The molecule has 0 spiro atoms. The number of hydrogen-bond acceptors (Lipinski definition) is 2. The Kier molecular flexibility index (Phi) is 5.95. The van der Waals surface area contributed by atoms with Crippen molar-refractivity contribution in [3.8, 4) is 0 Å². The van der Waals surface area contributed by atoms with Gasteiger partial charge < -0.3 is 5.73 Å². The average molecular weight is 251 g/mol. The summed E-state index contributed by atoms with van der Waals surface area (Å²) in [6, 6.07) is 7.68. The topological polar surface area (TPSA) is 38.4 Å². The lowest BCUT2D eigenvalue weighted by atomic mass is 9.98. The van der Waals surface area contributed by atoms with Gasteiger partial charge in [-0.15, -0.1) is 0 Å². The van der Waals surface area contributed by atoms with Crippen LogP contribution in [0, 0.1) is 0 Å². The van der Waals surface area contributed by atoms with Crippen LogP contribution in [0.15, 0.2) is 40.9 Å². The number of rotatable bonds is 5. The molecule has 1 aromatic rings. The fourth-order valence-corrected chi connectivity index (χ4v) is 1.95. The van der Waals surface area contributed by atoms with E-state index in [1.165, 1.54) is 5.57 Å². The molecule has 1 unspecified atom stereocenters. The van der Waals surface area contributed by atoms with Gasteiger partial charge in [0.1, 0.15) is 0 Å². The second kappa shape index (κ2) is 7.25. The van der Waals surface area contributed by atoms with Gasteiger partial charge in [-0.2, -0.15) is 0 Å². The van der Waals surface area contributed by atoms with E-state index in [0.717, 1.165) is 23.4 Å². The molecule has 0 aliphatic rings. The van der Waals surface area contributed by atoms with E-state index in [2.05, 4.69) is 11.9 Å². The molecule has 0 saturated carbocycles. The normalized spacial score (nSPS) is 14.2. The van der Waals surface area contributed by atoms with Crippen LogP contribution in [0.1, 0.15) is 31.4 Å². The number of hydrogen-bond donors (Lipinski definition) is 1. The predicted molar refractivity (Wildman–Crippen MR) is 75.8 cm³/mol. The summed E-state index contributed by atoms with van der Waals surface area (Å²) in [6.45, 7) is 2.12. The molecule has 2 nitrogen and oxygen atoms in total. The third-order valence-corrected chi connectivity index (χ3v) is 3.04. The highest BCUT2D eigenvalue weighted by Gasteiger charge is 2.10. The third kappa shape index (κ3) is 4.33. The van der Waals surface area contributed by atoms with E-state index in [4.69, 9.17) is 17.3 Å². The van der Waals surface area contributed by atoms with Gasteiger partial charge in [-0.25, -0.2) is 0 Å². The number of nitrogens with zero attached hydrogens (tertiary/aromatic N) is 1. The summed E-state index contributed by atoms with van der Waals surface area (Å²) in [6.07, 6.45) is 5.62. The van der Waals surface area contributed by atoms with E-state index in [-0.39, 0.29) is 6.04 Å². The van der Waals surface area contributed by atoms with Crippen molar-refractivity contribution in [1.29, 1.82) is 0 Å². The smallest absolute Gasteiger partial charge is 0.0453 e. The second-order valence-corrected chi connectivity index (χ2v) is 4.33. The number of allylic oxidation sites excluding steroid dienone is 1. The third-order valence-electron chi connectivity index (χ3n) is 2.70. The van der Waals surface area contributed by atoms with Crippen molar-refractivity contribution in [1.82, 2.24) is 0 Å². The van der Waals surface area contributed by atoms with Gasteiger partial charge in [0, 0.05) is 24.3 Å². The van der Waals surface area contributed by atoms with Gasteiger partial charge >= 0.3 is 0 Å². The lowest BCUT2D eigenvalue weighted by Gasteiger charge is -2.14. The summed E-state index contributed by atoms with van der Waals surface area (Å²) in [5.41, 5.74) is 8.46. The van der Waals surface area contributed by atoms with Gasteiger partial charge in [0.05, 0.1) is 0 Å². The molecule has 0 aliphatic carbocycles. The van der Waals surface area contributed by atoms with Crippen LogP contribution in [0.5, 0.6) is 0 Å². The Balaban J connectivity index is 2.78. The minimum atomic E-state index is -0.0554. The Bertz CT molecular complexity index is 410. The van der Waals surface area contributed by atoms with Crippen LogP contribution in [0.2, 0.25) is 5.02 Å². The van der Waals surface area contributed by atoms with Crippen LogP contribution in [-0.2, 0) is 0 Å². The average Bonchev–Trinajstić information content (AvgIpc) is 2.34. The number of aliphatic imine (C=N–C) groups is 1. The first-order chi connectivity index (χ1) is 8.19. The van der Waals surface area contributed by atoms with Gasteiger partial charge in [0.2, 0.25) is 0 Å². The van der Waals surface area contributed by atoms with Crippen molar-refractivity contribution in [2.24, 2.45) is 10.7 Å². The molecule has 0 saturated heterocycles. The first kappa shape index (κ1) is 13.9. The van der Waals surface area contributed by atoms with E-state index < -0.39 is 0 Å². The Morgan fingerprint density at radius 3 is 2.76 bits per heavy atom. The standard InChI is InChI=1S/C14H19ClN2/c1-3-11(8-9-17-2)10-14(16)12-6-4-5-7-13(12)15/h4-9,14H,3,10,16H2,1-2H3/b11-8+,17-9?. The van der Waals surface area contributed by atoms with E-state index in [1.54, 1.807) is 13.3 Å². The molecule has 1 rings (SSSR count). The Morgan fingerprint density at radius 1 is 1.47 bits per heavy atom. The molecular weight excluding hydrogens is 232 g/mol. The van der Waals surface area contributed by atoms with Gasteiger partial charge in [-0.05, 0) is 30.5 Å². The molecule has 1 aromatic carbocycles. The Morgan fingerprint density at radius 2 is 2.18 bits per heavy atom. The van der Waals surface area contributed by atoms with Crippen LogP contribution < -0.4 is 5.73 Å². The van der Waals surface area contributed by atoms with Crippen molar-refractivity contribution in [2.45, 2.75) is 25.8 Å². The minimum absolute atomic E-state index is 0.0554. The summed E-state index contributed by atoms with van der Waals surface area (Å²) in [4.78, 5) is 3.95. The van der Waals surface area contributed by atoms with Crippen molar-refractivity contribution >= 4 is 17.8 Å². The van der Waals surface area contributed by atoms with Crippen LogP contribution in [0.4, 0.5) is 0 Å². The highest BCUT2D eigenvalue weighted by Crippen LogP contribution is 2.26. The van der Waals surface area contributed by atoms with E-state index in [0.29, 0.717) is 0 Å². The lowest BCUT2D eigenvalue weighted by Crippen LogP contribution is -2.11. The maximum atomic E-state index is 6.17. The summed E-state index contributed by atoms with van der Waals surface area (Å²) < 4.78 is 0. The molecule has 0 aromatic heterocycles. The molecule has 0 radical (unpaired) electrons. The lowest BCUT2D eigenvalue weighted by molar-refractivity contribution is 0.700. The number of halogens is 1. The molecule has 92 valence electrons. The summed E-state index contributed by atoms with van der Waals surface area (Å²) in [5.74, 6) is 0. The largest absolute Gasteiger partial charge is 0.324 e. The van der Waals surface area contributed by atoms with Gasteiger partial charge in [0.15, 0.2) is 0 Å². The minimum Gasteiger partial charge on any atom is -0.324 e. The Labute approximate surface area is 108 Å². The quantitative estimate of drug-likeness (QED) is 0.794. The number of nitrogens with two attached hydrogens (primary N) is 1. The molecule has 0 heterocycles. The van der Waals surface area contributed by atoms with Crippen molar-refractivity contribution in [3.63, 3.8) is 0 Å². The van der Waals surface area contributed by atoms with Crippen LogP contribution in [0.3, 0.4) is 0 Å². The van der Waals surface area contributed by atoms with Gasteiger partial charge in [0.25, 0.3) is 0 Å². The van der Waals surface area contributed by atoms with Gasteiger partial charge in [-0.3, -0.25) is 4.99 Å². The summed E-state index contributed by atoms with van der Waals surface area (Å²) >= 11 is 6.12. The van der Waals surface area contributed by atoms with Crippen LogP contribution in [0.25, 0.3) is 0 Å². The van der Waals surface area contributed by atoms with Crippen LogP contribution in [-0.4, -0.2) is 13.3 Å². The summed E-state index contributed by atoms with van der Waals surface area (Å²) in [5, 5.41) is 0.736. The maximum Gasteiger partial charge on any atom is 0.0453 e. The molecular formula is C14H19ClN2. The molecule has 2 N–H and O–H groups in total. The molecule has 1 atom stereocenters. The zero-order chi connectivity index (χ0) is 12.7. The molecule has 0 aliphatic heterocycles. The first-order valence-corrected chi connectivity index (χ1v) is 6.17. The zero-order valence-corrected chi connectivity index (χ0v) is 11.1. The van der Waals surface area contributed by atoms with Crippen molar-refractivity contribution in [2.75, 3.05) is 7.05 Å². The second-order valence-electron chi connectivity index (χ2n) is 3.92. The highest BCUT2D eigenvalue weighted by molar-refractivity contribution is 6.31. The first-order valence-electron chi connectivity index (χ1n) is 5.79. The fraction of sp³-hybridized carbons (Fsp3) is 0.357. The molecule has 17 heavy (non-hydrogen) atoms. The van der Waals surface area contributed by atoms with E-state index in [1.807, 2.05) is 30.3 Å². The molecule has 3 heteroatoms. The van der Waals surface area contributed by atoms with Crippen molar-refractivity contribution in [3.05, 3.63) is 46.5 Å². The Hall–Kier alpha value is -1.12. The monoisotopic (exact) mass is 250 g/mol. The molecule has 0 fully saturated rings. The van der Waals surface area contributed by atoms with Crippen molar-refractivity contribution < 1.29 is 0 Å². The maximum absolute atomic E-state index is 6.17. The highest BCUT2D eigenvalue weighted by atomic mass is 35.5. The van der Waals surface area contributed by atoms with Gasteiger partial charge in [-0.1, -0.05) is 42.3 Å². The predicted octanol–water partition coefficient (Wildman–Crippen LogP) is 3.77.